The first-order chi connectivity index (χ1) is 12.8. The summed E-state index contributed by atoms with van der Waals surface area (Å²) in [6.07, 6.45) is 6.56. The molecule has 9 heteroatoms. The quantitative estimate of drug-likeness (QED) is 0.578. The Bertz CT molecular complexity index is 790. The second kappa shape index (κ2) is 8.12. The van der Waals surface area contributed by atoms with E-state index in [2.05, 4.69) is 10.2 Å². The third kappa shape index (κ3) is 4.77. The second-order valence-electron chi connectivity index (χ2n) is 7.58. The van der Waals surface area contributed by atoms with Crippen molar-refractivity contribution >= 4 is 21.2 Å². The van der Waals surface area contributed by atoms with Crippen molar-refractivity contribution in [2.75, 3.05) is 24.7 Å². The largest absolute Gasteiger partial charge is 0.391 e. The molecule has 3 rings (SSSR count). The van der Waals surface area contributed by atoms with Gasteiger partial charge in [-0.05, 0) is 37.8 Å². The number of piperidine rings is 1. The van der Waals surface area contributed by atoms with E-state index < -0.39 is 14.8 Å². The molecule has 2 unspecified atom stereocenters. The molecule has 1 saturated carbocycles. The molecule has 0 amide bonds. The van der Waals surface area contributed by atoms with Gasteiger partial charge in [0.1, 0.15) is 5.69 Å². The zero-order valence-electron chi connectivity index (χ0n) is 15.5. The predicted molar refractivity (Wildman–Crippen MR) is 103 cm³/mol. The molecule has 1 saturated heterocycles. The Morgan fingerprint density at radius 1 is 1.19 bits per heavy atom. The van der Waals surface area contributed by atoms with Gasteiger partial charge in [-0.1, -0.05) is 12.8 Å². The topological polar surface area (TPSA) is 113 Å². The maximum atomic E-state index is 11.7. The summed E-state index contributed by atoms with van der Waals surface area (Å²) in [6.45, 7) is 1.68. The van der Waals surface area contributed by atoms with E-state index in [0.29, 0.717) is 5.69 Å². The van der Waals surface area contributed by atoms with Gasteiger partial charge in [0.25, 0.3) is 5.69 Å². The average Bonchev–Trinajstić information content (AvgIpc) is 2.62. The SMILES string of the molecule is CS(=O)(=O)c1ccc(NC2CCN(C3CCCCC3O)CC2)c([N+](=O)[O-])c1. The Morgan fingerprint density at radius 2 is 1.85 bits per heavy atom. The number of anilines is 1. The number of nitro benzene ring substituents is 1. The van der Waals surface area contributed by atoms with E-state index in [1.807, 2.05) is 0 Å². The number of aliphatic hydroxyl groups is 1. The number of aliphatic hydroxyl groups excluding tert-OH is 1. The molecule has 0 bridgehead atoms. The Kier molecular flexibility index (Phi) is 6.02. The smallest absolute Gasteiger partial charge is 0.293 e. The van der Waals surface area contributed by atoms with Gasteiger partial charge in [-0.15, -0.1) is 0 Å². The summed E-state index contributed by atoms with van der Waals surface area (Å²) in [5.41, 5.74) is 0.131. The maximum absolute atomic E-state index is 11.7. The lowest BCUT2D eigenvalue weighted by atomic mass is 9.89. The fourth-order valence-electron chi connectivity index (χ4n) is 4.13. The molecule has 0 spiro atoms. The highest BCUT2D eigenvalue weighted by Gasteiger charge is 2.32. The first kappa shape index (κ1) is 20.0. The van der Waals surface area contributed by atoms with Crippen LogP contribution in [0.4, 0.5) is 11.4 Å². The number of sulfone groups is 1. The number of nitro groups is 1. The zero-order chi connectivity index (χ0) is 19.6. The van der Waals surface area contributed by atoms with Crippen LogP contribution in [0.3, 0.4) is 0 Å². The summed E-state index contributed by atoms with van der Waals surface area (Å²) < 4.78 is 23.3. The fraction of sp³-hybridized carbons (Fsp3) is 0.667. The maximum Gasteiger partial charge on any atom is 0.293 e. The Labute approximate surface area is 159 Å². The Morgan fingerprint density at radius 3 is 2.44 bits per heavy atom. The molecule has 1 aliphatic carbocycles. The summed E-state index contributed by atoms with van der Waals surface area (Å²) in [5, 5.41) is 24.8. The van der Waals surface area contributed by atoms with Crippen molar-refractivity contribution in [3.63, 3.8) is 0 Å². The number of hydrogen-bond acceptors (Lipinski definition) is 7. The van der Waals surface area contributed by atoms with E-state index in [1.54, 1.807) is 0 Å². The summed E-state index contributed by atoms with van der Waals surface area (Å²) in [6, 6.07) is 4.31. The minimum atomic E-state index is -3.50. The number of rotatable bonds is 5. The molecule has 2 atom stereocenters. The van der Waals surface area contributed by atoms with Gasteiger partial charge in [-0.3, -0.25) is 15.0 Å². The number of likely N-dealkylation sites (tertiary alicyclic amines) is 1. The lowest BCUT2D eigenvalue weighted by Crippen LogP contribution is -2.50. The van der Waals surface area contributed by atoms with Crippen LogP contribution in [0.1, 0.15) is 38.5 Å². The molecule has 2 N–H and O–H groups in total. The van der Waals surface area contributed by atoms with Gasteiger partial charge >= 0.3 is 0 Å². The van der Waals surface area contributed by atoms with Crippen molar-refractivity contribution in [2.24, 2.45) is 0 Å². The van der Waals surface area contributed by atoms with Crippen LogP contribution < -0.4 is 5.32 Å². The molecule has 0 aromatic heterocycles. The van der Waals surface area contributed by atoms with E-state index in [-0.39, 0.29) is 28.8 Å². The molecule has 27 heavy (non-hydrogen) atoms. The van der Waals surface area contributed by atoms with Crippen molar-refractivity contribution in [1.29, 1.82) is 0 Å². The summed E-state index contributed by atoms with van der Waals surface area (Å²) in [4.78, 5) is 13.1. The lowest BCUT2D eigenvalue weighted by molar-refractivity contribution is -0.384. The highest BCUT2D eigenvalue weighted by Crippen LogP contribution is 2.31. The van der Waals surface area contributed by atoms with Crippen LogP contribution in [0, 0.1) is 10.1 Å². The first-order valence-electron chi connectivity index (χ1n) is 9.43. The summed E-state index contributed by atoms with van der Waals surface area (Å²) in [5.74, 6) is 0. The van der Waals surface area contributed by atoms with Gasteiger partial charge in [0.05, 0.1) is 15.9 Å². The standard InChI is InChI=1S/C18H27N3O5S/c1-27(25,26)14-6-7-15(17(12-14)21(23)24)19-13-8-10-20(11-9-13)16-4-2-3-5-18(16)22/h6-7,12-13,16,18-19,22H,2-5,8-11H2,1H3. The molecule has 8 nitrogen and oxygen atoms in total. The lowest BCUT2D eigenvalue weighted by Gasteiger charge is -2.41. The van der Waals surface area contributed by atoms with Crippen LogP contribution in [0.15, 0.2) is 23.1 Å². The minimum Gasteiger partial charge on any atom is -0.391 e. The van der Waals surface area contributed by atoms with Crippen molar-refractivity contribution in [2.45, 2.75) is 61.6 Å². The van der Waals surface area contributed by atoms with Gasteiger partial charge in [-0.2, -0.15) is 0 Å². The van der Waals surface area contributed by atoms with Crippen LogP contribution in [0.5, 0.6) is 0 Å². The Hall–Kier alpha value is -1.71. The highest BCUT2D eigenvalue weighted by atomic mass is 32.2. The molecule has 1 aromatic rings. The highest BCUT2D eigenvalue weighted by molar-refractivity contribution is 7.90. The van der Waals surface area contributed by atoms with Gasteiger partial charge in [0.15, 0.2) is 9.84 Å². The van der Waals surface area contributed by atoms with Crippen molar-refractivity contribution in [1.82, 2.24) is 4.90 Å². The van der Waals surface area contributed by atoms with E-state index >= 15 is 0 Å². The molecule has 150 valence electrons. The first-order valence-corrected chi connectivity index (χ1v) is 11.3. The molecular formula is C18H27N3O5S. The molecule has 0 radical (unpaired) electrons. The van der Waals surface area contributed by atoms with Crippen molar-refractivity contribution < 1.29 is 18.4 Å². The Balaban J connectivity index is 1.65. The number of nitrogens with zero attached hydrogens (tertiary/aromatic N) is 2. The van der Waals surface area contributed by atoms with E-state index in [1.165, 1.54) is 12.1 Å². The molecule has 2 aliphatic rings. The van der Waals surface area contributed by atoms with Crippen LogP contribution >= 0.6 is 0 Å². The van der Waals surface area contributed by atoms with Gasteiger partial charge in [-0.25, -0.2) is 8.42 Å². The number of nitrogens with one attached hydrogen (secondary N) is 1. The third-order valence-electron chi connectivity index (χ3n) is 5.65. The monoisotopic (exact) mass is 397 g/mol. The van der Waals surface area contributed by atoms with Gasteiger partial charge in [0.2, 0.25) is 0 Å². The van der Waals surface area contributed by atoms with E-state index in [9.17, 15) is 23.6 Å². The van der Waals surface area contributed by atoms with Crippen LogP contribution in [-0.4, -0.2) is 60.9 Å². The summed E-state index contributed by atoms with van der Waals surface area (Å²) >= 11 is 0. The van der Waals surface area contributed by atoms with Crippen LogP contribution in [-0.2, 0) is 9.84 Å². The van der Waals surface area contributed by atoms with Gasteiger partial charge < -0.3 is 10.4 Å². The molecule has 1 heterocycles. The molecule has 2 fully saturated rings. The minimum absolute atomic E-state index is 0.0548. The molecule has 1 aromatic carbocycles. The zero-order valence-corrected chi connectivity index (χ0v) is 16.3. The number of hydrogen-bond donors (Lipinski definition) is 2. The second-order valence-corrected chi connectivity index (χ2v) is 9.60. The van der Waals surface area contributed by atoms with E-state index in [0.717, 1.165) is 63.9 Å². The third-order valence-corrected chi connectivity index (χ3v) is 6.76. The molecular weight excluding hydrogens is 370 g/mol. The van der Waals surface area contributed by atoms with E-state index in [4.69, 9.17) is 0 Å². The number of benzene rings is 1. The summed E-state index contributed by atoms with van der Waals surface area (Å²) in [7, 11) is -3.50. The average molecular weight is 397 g/mol. The van der Waals surface area contributed by atoms with Gasteiger partial charge in [0, 0.05) is 37.5 Å². The van der Waals surface area contributed by atoms with Crippen LogP contribution in [0.25, 0.3) is 0 Å². The van der Waals surface area contributed by atoms with Crippen LogP contribution in [0.2, 0.25) is 0 Å². The molecule has 1 aliphatic heterocycles. The van der Waals surface area contributed by atoms with Crippen molar-refractivity contribution in [3.8, 4) is 0 Å². The van der Waals surface area contributed by atoms with Crippen molar-refractivity contribution in [3.05, 3.63) is 28.3 Å². The fourth-order valence-corrected chi connectivity index (χ4v) is 4.77. The predicted octanol–water partition coefficient (Wildman–Crippen LogP) is 2.18. The normalized spacial score (nSPS) is 25.3.